The molecule has 0 bridgehead atoms. The number of aliphatic hydroxyl groups excluding tert-OH is 1. The van der Waals surface area contributed by atoms with Crippen LogP contribution in [-0.4, -0.2) is 45.6 Å². The van der Waals surface area contributed by atoms with Gasteiger partial charge in [-0.1, -0.05) is 6.07 Å². The Kier molecular flexibility index (Phi) is 8.05. The number of hydrogen-bond donors (Lipinski definition) is 1. The first-order chi connectivity index (χ1) is 9.22. The van der Waals surface area contributed by atoms with Gasteiger partial charge in [-0.25, -0.2) is 0 Å². The molecule has 0 unspecified atom stereocenters. The van der Waals surface area contributed by atoms with Gasteiger partial charge in [0.15, 0.2) is 0 Å². The van der Waals surface area contributed by atoms with Gasteiger partial charge in [-0.3, -0.25) is 0 Å². The topological polar surface area (TPSA) is 41.9 Å². The Morgan fingerprint density at radius 1 is 1.16 bits per heavy atom. The molecule has 1 N–H and O–H groups in total. The van der Waals surface area contributed by atoms with Gasteiger partial charge in [0.25, 0.3) is 0 Å². The summed E-state index contributed by atoms with van der Waals surface area (Å²) in [4.78, 5) is 2.26. The van der Waals surface area contributed by atoms with Gasteiger partial charge in [-0.05, 0) is 40.0 Å². The van der Waals surface area contributed by atoms with Gasteiger partial charge in [-0.15, -0.1) is 0 Å². The molecular formula is C14H22BrNO3. The molecule has 1 aromatic carbocycles. The third-order valence-corrected chi connectivity index (χ3v) is 3.51. The molecule has 0 aliphatic carbocycles. The fraction of sp³-hybridized carbons (Fsp3) is 0.571. The van der Waals surface area contributed by atoms with Crippen LogP contribution in [-0.2, 0) is 16.1 Å². The number of ether oxygens (including phenoxy) is 2. The zero-order valence-corrected chi connectivity index (χ0v) is 13.1. The molecule has 0 radical (unpaired) electrons. The van der Waals surface area contributed by atoms with Crippen LogP contribution in [0.25, 0.3) is 0 Å². The first-order valence-electron chi connectivity index (χ1n) is 6.35. The van der Waals surface area contributed by atoms with Crippen LogP contribution in [0.4, 0.5) is 5.69 Å². The van der Waals surface area contributed by atoms with Crippen molar-refractivity contribution in [3.05, 3.63) is 28.2 Å². The molecule has 4 nitrogen and oxygen atoms in total. The number of aliphatic hydroxyl groups is 1. The number of halogens is 1. The smallest absolute Gasteiger partial charge is 0.0682 e. The van der Waals surface area contributed by atoms with Crippen LogP contribution in [0.2, 0.25) is 0 Å². The van der Waals surface area contributed by atoms with Crippen LogP contribution in [0.15, 0.2) is 22.7 Å². The zero-order valence-electron chi connectivity index (χ0n) is 11.6. The maximum Gasteiger partial charge on any atom is 0.0682 e. The lowest BCUT2D eigenvalue weighted by atomic mass is 10.2. The Labute approximate surface area is 123 Å². The maximum absolute atomic E-state index is 9.14. The lowest BCUT2D eigenvalue weighted by Crippen LogP contribution is -2.29. The molecule has 1 aromatic rings. The van der Waals surface area contributed by atoms with Gasteiger partial charge in [0.2, 0.25) is 0 Å². The molecule has 0 saturated heterocycles. The molecule has 0 spiro atoms. The monoisotopic (exact) mass is 331 g/mol. The van der Waals surface area contributed by atoms with E-state index in [0.717, 1.165) is 41.8 Å². The molecule has 0 heterocycles. The van der Waals surface area contributed by atoms with Crippen LogP contribution in [0.1, 0.15) is 12.0 Å². The third-order valence-electron chi connectivity index (χ3n) is 2.88. The van der Waals surface area contributed by atoms with Gasteiger partial charge >= 0.3 is 0 Å². The third kappa shape index (κ3) is 5.48. The van der Waals surface area contributed by atoms with Crippen molar-refractivity contribution in [3.8, 4) is 0 Å². The number of rotatable bonds is 9. The van der Waals surface area contributed by atoms with Gasteiger partial charge in [-0.2, -0.15) is 0 Å². The summed E-state index contributed by atoms with van der Waals surface area (Å²) in [6.45, 7) is 3.23. The lowest BCUT2D eigenvalue weighted by Gasteiger charge is -2.26. The first kappa shape index (κ1) is 16.4. The fourth-order valence-electron chi connectivity index (χ4n) is 1.86. The predicted octanol–water partition coefficient (Wildman–Crippen LogP) is 2.43. The van der Waals surface area contributed by atoms with Crippen molar-refractivity contribution in [2.45, 2.75) is 13.0 Å². The van der Waals surface area contributed by atoms with E-state index in [1.807, 2.05) is 18.2 Å². The summed E-state index contributed by atoms with van der Waals surface area (Å²) in [6, 6.07) is 5.92. The van der Waals surface area contributed by atoms with Crippen molar-refractivity contribution in [1.82, 2.24) is 0 Å². The summed E-state index contributed by atoms with van der Waals surface area (Å²) in [7, 11) is 3.42. The second-order valence-electron chi connectivity index (χ2n) is 4.27. The Balaban J connectivity index is 2.77. The fourth-order valence-corrected chi connectivity index (χ4v) is 2.54. The lowest BCUT2D eigenvalue weighted by molar-refractivity contribution is 0.191. The molecule has 0 saturated carbocycles. The van der Waals surface area contributed by atoms with E-state index in [9.17, 15) is 0 Å². The predicted molar refractivity (Wildman–Crippen MR) is 80.6 cm³/mol. The summed E-state index contributed by atoms with van der Waals surface area (Å²) in [5.41, 5.74) is 2.02. The minimum atomic E-state index is 0.0562. The summed E-state index contributed by atoms with van der Waals surface area (Å²) in [5.74, 6) is 0. The number of methoxy groups -OCH3 is 2. The van der Waals surface area contributed by atoms with Crippen molar-refractivity contribution < 1.29 is 14.6 Å². The molecule has 0 amide bonds. The Bertz CT molecular complexity index is 374. The van der Waals surface area contributed by atoms with Crippen LogP contribution in [0.5, 0.6) is 0 Å². The molecule has 0 aromatic heterocycles. The maximum atomic E-state index is 9.14. The van der Waals surface area contributed by atoms with Crippen molar-refractivity contribution in [2.24, 2.45) is 0 Å². The molecule has 5 heteroatoms. The molecule has 108 valence electrons. The second kappa shape index (κ2) is 9.31. The molecule has 0 aliphatic rings. The molecular weight excluding hydrogens is 310 g/mol. The van der Waals surface area contributed by atoms with Gasteiger partial charge in [0, 0.05) is 38.4 Å². The van der Waals surface area contributed by atoms with Crippen LogP contribution < -0.4 is 4.90 Å². The number of benzene rings is 1. The van der Waals surface area contributed by atoms with Gasteiger partial charge < -0.3 is 19.5 Å². The largest absolute Gasteiger partial charge is 0.392 e. The van der Waals surface area contributed by atoms with E-state index in [1.54, 1.807) is 14.2 Å². The van der Waals surface area contributed by atoms with E-state index in [0.29, 0.717) is 6.61 Å². The highest BCUT2D eigenvalue weighted by Crippen LogP contribution is 2.27. The highest BCUT2D eigenvalue weighted by atomic mass is 79.9. The number of nitrogens with zero attached hydrogens (tertiary/aromatic N) is 1. The molecule has 0 fully saturated rings. The quantitative estimate of drug-likeness (QED) is 0.706. The summed E-state index contributed by atoms with van der Waals surface area (Å²) in [5, 5.41) is 9.14. The van der Waals surface area contributed by atoms with Gasteiger partial charge in [0.1, 0.15) is 0 Å². The first-order valence-corrected chi connectivity index (χ1v) is 7.14. The zero-order chi connectivity index (χ0) is 14.1. The van der Waals surface area contributed by atoms with Crippen LogP contribution in [0.3, 0.4) is 0 Å². The van der Waals surface area contributed by atoms with Crippen molar-refractivity contribution in [1.29, 1.82) is 0 Å². The van der Waals surface area contributed by atoms with E-state index in [2.05, 4.69) is 20.8 Å². The van der Waals surface area contributed by atoms with Crippen LogP contribution in [0, 0.1) is 0 Å². The summed E-state index contributed by atoms with van der Waals surface area (Å²) >= 11 is 3.56. The Morgan fingerprint density at radius 2 is 1.89 bits per heavy atom. The number of hydrogen-bond acceptors (Lipinski definition) is 4. The average Bonchev–Trinajstić information content (AvgIpc) is 2.43. The van der Waals surface area contributed by atoms with E-state index in [4.69, 9.17) is 14.6 Å². The van der Waals surface area contributed by atoms with E-state index < -0.39 is 0 Å². The molecule has 19 heavy (non-hydrogen) atoms. The minimum absolute atomic E-state index is 0.0562. The second-order valence-corrected chi connectivity index (χ2v) is 5.12. The minimum Gasteiger partial charge on any atom is -0.392 e. The molecule has 1 rings (SSSR count). The molecule has 0 aliphatic heterocycles. The van der Waals surface area contributed by atoms with Gasteiger partial charge in [0.05, 0.1) is 18.9 Å². The standard InChI is InChI=1S/C14H22BrNO3/c1-18-8-3-6-16(7-9-19-2)14-5-4-12(11-17)10-13(14)15/h4-5,10,17H,3,6-9,11H2,1-2H3. The Morgan fingerprint density at radius 3 is 2.47 bits per heavy atom. The summed E-state index contributed by atoms with van der Waals surface area (Å²) in [6.07, 6.45) is 0.967. The normalized spacial score (nSPS) is 10.7. The highest BCUT2D eigenvalue weighted by Gasteiger charge is 2.10. The van der Waals surface area contributed by atoms with E-state index in [1.165, 1.54) is 0 Å². The SMILES string of the molecule is COCCCN(CCOC)c1ccc(CO)cc1Br. The highest BCUT2D eigenvalue weighted by molar-refractivity contribution is 9.10. The van der Waals surface area contributed by atoms with E-state index >= 15 is 0 Å². The van der Waals surface area contributed by atoms with Crippen LogP contribution >= 0.6 is 15.9 Å². The van der Waals surface area contributed by atoms with Crippen molar-refractivity contribution in [2.75, 3.05) is 45.4 Å². The van der Waals surface area contributed by atoms with Crippen molar-refractivity contribution in [3.63, 3.8) is 0 Å². The Hall–Kier alpha value is -0.620. The number of anilines is 1. The molecule has 0 atom stereocenters. The van der Waals surface area contributed by atoms with E-state index in [-0.39, 0.29) is 6.61 Å². The summed E-state index contributed by atoms with van der Waals surface area (Å²) < 4.78 is 11.2. The average molecular weight is 332 g/mol. The van der Waals surface area contributed by atoms with Crippen molar-refractivity contribution >= 4 is 21.6 Å².